The molecule has 0 unspecified atom stereocenters. The Morgan fingerprint density at radius 1 is 0.923 bits per heavy atom. The van der Waals surface area contributed by atoms with E-state index >= 15 is 0 Å². The van der Waals surface area contributed by atoms with Crippen LogP contribution in [0.25, 0.3) is 11.4 Å². The molecular formula is C29H30FN5O4. The Labute approximate surface area is 226 Å². The first kappa shape index (κ1) is 27.4. The summed E-state index contributed by atoms with van der Waals surface area (Å²) in [5.41, 5.74) is 1.03. The molecule has 0 saturated heterocycles. The van der Waals surface area contributed by atoms with Gasteiger partial charge in [-0.05, 0) is 67.8 Å². The number of aliphatic carboxylic acids is 1. The van der Waals surface area contributed by atoms with E-state index in [9.17, 15) is 14.3 Å². The molecule has 0 aliphatic rings. The molecule has 0 bridgehead atoms. The van der Waals surface area contributed by atoms with Crippen LogP contribution in [-0.2, 0) is 23.3 Å². The zero-order valence-corrected chi connectivity index (χ0v) is 22.5. The molecule has 0 fully saturated rings. The summed E-state index contributed by atoms with van der Waals surface area (Å²) < 4.78 is 25.5. The maximum atomic E-state index is 14.9. The number of carboxylic acids is 1. The molecule has 2 aromatic heterocycles. The number of halogens is 1. The standard InChI is InChI=1S/C29H30FN5O4/c1-18-32-26(24-14-21(15-31-25(24)30)29(2,3)27(36)37)34-28(33-18)35(16-19-6-10-22(38-4)11-7-19)17-20-8-12-23(39-5)13-9-20/h6-15H,16-17H2,1-5H3,(H,36,37). The fraction of sp³-hybridized carbons (Fsp3) is 0.276. The molecule has 9 nitrogen and oxygen atoms in total. The van der Waals surface area contributed by atoms with Gasteiger partial charge in [0, 0.05) is 19.3 Å². The third-order valence-corrected chi connectivity index (χ3v) is 6.42. The summed E-state index contributed by atoms with van der Waals surface area (Å²) in [4.78, 5) is 31.1. The van der Waals surface area contributed by atoms with E-state index in [0.29, 0.717) is 30.4 Å². The monoisotopic (exact) mass is 531 g/mol. The summed E-state index contributed by atoms with van der Waals surface area (Å²) >= 11 is 0. The second-order valence-electron chi connectivity index (χ2n) is 9.55. The molecule has 0 aliphatic carbocycles. The topological polar surface area (TPSA) is 111 Å². The van der Waals surface area contributed by atoms with E-state index in [-0.39, 0.29) is 11.4 Å². The highest BCUT2D eigenvalue weighted by atomic mass is 19.1. The number of benzene rings is 2. The van der Waals surface area contributed by atoms with Crippen LogP contribution in [0, 0.1) is 12.9 Å². The van der Waals surface area contributed by atoms with Crippen LogP contribution >= 0.6 is 0 Å². The number of pyridine rings is 1. The highest BCUT2D eigenvalue weighted by Crippen LogP contribution is 2.29. The van der Waals surface area contributed by atoms with Gasteiger partial charge in [-0.15, -0.1) is 0 Å². The van der Waals surface area contributed by atoms with E-state index in [1.807, 2.05) is 53.4 Å². The molecule has 0 radical (unpaired) electrons. The van der Waals surface area contributed by atoms with Gasteiger partial charge in [0.2, 0.25) is 11.9 Å². The van der Waals surface area contributed by atoms with Crippen LogP contribution in [0.15, 0.2) is 60.8 Å². The van der Waals surface area contributed by atoms with Crippen molar-refractivity contribution < 1.29 is 23.8 Å². The van der Waals surface area contributed by atoms with Gasteiger partial charge >= 0.3 is 5.97 Å². The van der Waals surface area contributed by atoms with Gasteiger partial charge in [0.25, 0.3) is 0 Å². The van der Waals surface area contributed by atoms with Gasteiger partial charge in [-0.3, -0.25) is 4.79 Å². The van der Waals surface area contributed by atoms with Crippen molar-refractivity contribution in [1.29, 1.82) is 0 Å². The predicted octanol–water partition coefficient (Wildman–Crippen LogP) is 4.97. The number of aryl methyl sites for hydroxylation is 1. The zero-order chi connectivity index (χ0) is 28.2. The summed E-state index contributed by atoms with van der Waals surface area (Å²) in [5.74, 6) is 0.419. The number of carboxylic acid groups (broad SMARTS) is 1. The number of hydrogen-bond acceptors (Lipinski definition) is 8. The number of anilines is 1. The molecule has 2 aromatic carbocycles. The van der Waals surface area contributed by atoms with Gasteiger partial charge in [0.15, 0.2) is 5.82 Å². The Morgan fingerprint density at radius 2 is 1.46 bits per heavy atom. The molecule has 4 aromatic rings. The van der Waals surface area contributed by atoms with Gasteiger partial charge in [0.05, 0.1) is 25.2 Å². The number of hydrogen-bond donors (Lipinski definition) is 1. The van der Waals surface area contributed by atoms with E-state index in [0.717, 1.165) is 22.6 Å². The quantitative estimate of drug-likeness (QED) is 0.284. The first-order chi connectivity index (χ1) is 18.6. The Kier molecular flexibility index (Phi) is 8.04. The van der Waals surface area contributed by atoms with E-state index in [4.69, 9.17) is 9.47 Å². The fourth-order valence-corrected chi connectivity index (χ4v) is 3.90. The zero-order valence-electron chi connectivity index (χ0n) is 22.5. The minimum Gasteiger partial charge on any atom is -0.497 e. The fourth-order valence-electron chi connectivity index (χ4n) is 3.90. The molecule has 10 heteroatoms. The van der Waals surface area contributed by atoms with Crippen molar-refractivity contribution in [2.75, 3.05) is 19.1 Å². The lowest BCUT2D eigenvalue weighted by molar-refractivity contribution is -0.142. The second-order valence-corrected chi connectivity index (χ2v) is 9.55. The molecule has 1 N–H and O–H groups in total. The summed E-state index contributed by atoms with van der Waals surface area (Å²) in [6.07, 6.45) is 1.22. The maximum Gasteiger partial charge on any atom is 0.313 e. The van der Waals surface area contributed by atoms with Crippen LogP contribution in [0.2, 0.25) is 0 Å². The van der Waals surface area contributed by atoms with Crippen molar-refractivity contribution in [3.8, 4) is 22.9 Å². The molecular weight excluding hydrogens is 501 g/mol. The van der Waals surface area contributed by atoms with Gasteiger partial charge in [-0.1, -0.05) is 24.3 Å². The number of aromatic nitrogens is 4. The van der Waals surface area contributed by atoms with Crippen molar-refractivity contribution in [2.45, 2.75) is 39.3 Å². The van der Waals surface area contributed by atoms with Crippen molar-refractivity contribution in [2.24, 2.45) is 0 Å². The van der Waals surface area contributed by atoms with Crippen molar-refractivity contribution in [1.82, 2.24) is 19.9 Å². The molecule has 0 atom stereocenters. The molecule has 0 spiro atoms. The molecule has 4 rings (SSSR count). The number of carbonyl (C=O) groups is 1. The summed E-state index contributed by atoms with van der Waals surface area (Å²) in [7, 11) is 3.22. The Hall–Kier alpha value is -4.60. The van der Waals surface area contributed by atoms with Crippen LogP contribution in [0.4, 0.5) is 10.3 Å². The number of rotatable bonds is 10. The minimum atomic E-state index is -1.28. The third kappa shape index (κ3) is 6.28. The Bertz CT molecular complexity index is 1410. The smallest absolute Gasteiger partial charge is 0.313 e. The molecule has 39 heavy (non-hydrogen) atoms. The van der Waals surface area contributed by atoms with Crippen LogP contribution in [0.3, 0.4) is 0 Å². The lowest BCUT2D eigenvalue weighted by Gasteiger charge is -2.24. The van der Waals surface area contributed by atoms with Crippen molar-refractivity contribution in [3.63, 3.8) is 0 Å². The highest BCUT2D eigenvalue weighted by molar-refractivity contribution is 5.80. The van der Waals surface area contributed by atoms with Gasteiger partial charge < -0.3 is 19.5 Å². The lowest BCUT2D eigenvalue weighted by Crippen LogP contribution is -2.29. The van der Waals surface area contributed by atoms with Gasteiger partial charge in [-0.25, -0.2) is 9.97 Å². The minimum absolute atomic E-state index is 0.00224. The van der Waals surface area contributed by atoms with Gasteiger partial charge in [0.1, 0.15) is 17.3 Å². The normalized spacial score (nSPS) is 11.2. The van der Waals surface area contributed by atoms with Crippen molar-refractivity contribution >= 4 is 11.9 Å². The first-order valence-corrected chi connectivity index (χ1v) is 12.2. The number of ether oxygens (including phenoxy) is 2. The predicted molar refractivity (Wildman–Crippen MR) is 144 cm³/mol. The van der Waals surface area contributed by atoms with Gasteiger partial charge in [-0.2, -0.15) is 14.4 Å². The molecule has 0 saturated carbocycles. The Morgan fingerprint density at radius 3 is 1.95 bits per heavy atom. The molecule has 0 aliphatic heterocycles. The summed E-state index contributed by atoms with van der Waals surface area (Å²) in [5, 5.41) is 9.65. The first-order valence-electron chi connectivity index (χ1n) is 12.2. The van der Waals surface area contributed by atoms with Crippen LogP contribution < -0.4 is 14.4 Å². The van der Waals surface area contributed by atoms with Crippen molar-refractivity contribution in [3.05, 3.63) is 89.3 Å². The van der Waals surface area contributed by atoms with Crippen LogP contribution in [0.1, 0.15) is 36.4 Å². The van der Waals surface area contributed by atoms with E-state index in [1.165, 1.54) is 26.1 Å². The average molecular weight is 532 g/mol. The summed E-state index contributed by atoms with van der Waals surface area (Å²) in [6, 6.07) is 16.8. The van der Waals surface area contributed by atoms with E-state index in [1.54, 1.807) is 21.1 Å². The third-order valence-electron chi connectivity index (χ3n) is 6.42. The largest absolute Gasteiger partial charge is 0.497 e. The second kappa shape index (κ2) is 11.4. The average Bonchev–Trinajstić information content (AvgIpc) is 2.93. The number of nitrogens with zero attached hydrogens (tertiary/aromatic N) is 5. The SMILES string of the molecule is COc1ccc(CN(Cc2ccc(OC)cc2)c2nc(C)nc(-c3cc(C(C)(C)C(=O)O)cnc3F)n2)cc1. The molecule has 2 heterocycles. The maximum absolute atomic E-state index is 14.9. The molecule has 0 amide bonds. The summed E-state index contributed by atoms with van der Waals surface area (Å²) in [6.45, 7) is 5.66. The van der Waals surface area contributed by atoms with E-state index < -0.39 is 17.3 Å². The Balaban J connectivity index is 1.77. The highest BCUT2D eigenvalue weighted by Gasteiger charge is 2.31. The van der Waals surface area contributed by atoms with E-state index in [2.05, 4.69) is 19.9 Å². The lowest BCUT2D eigenvalue weighted by atomic mass is 9.85. The van der Waals surface area contributed by atoms with Crippen LogP contribution in [0.5, 0.6) is 11.5 Å². The van der Waals surface area contributed by atoms with Crippen LogP contribution in [-0.4, -0.2) is 45.2 Å². The number of methoxy groups -OCH3 is 2. The molecule has 202 valence electrons.